The van der Waals surface area contributed by atoms with E-state index in [1.54, 1.807) is 0 Å². The third-order valence-electron chi connectivity index (χ3n) is 2.00. The molecule has 0 unspecified atom stereocenters. The zero-order valence-corrected chi connectivity index (χ0v) is 9.42. The molecule has 0 heterocycles. The van der Waals surface area contributed by atoms with Gasteiger partial charge in [-0.25, -0.2) is 4.79 Å². The minimum atomic E-state index is -0.544. The van der Waals surface area contributed by atoms with E-state index >= 15 is 0 Å². The summed E-state index contributed by atoms with van der Waals surface area (Å²) in [5.74, 6) is 3.89. The third-order valence-corrected chi connectivity index (χ3v) is 2.00. The van der Waals surface area contributed by atoms with Crippen LogP contribution in [0.15, 0.2) is 0 Å². The van der Waals surface area contributed by atoms with Crippen molar-refractivity contribution in [1.29, 1.82) is 0 Å². The van der Waals surface area contributed by atoms with E-state index in [1.807, 2.05) is 0 Å². The number of esters is 1. The van der Waals surface area contributed by atoms with E-state index < -0.39 is 5.97 Å². The van der Waals surface area contributed by atoms with Crippen molar-refractivity contribution in [2.75, 3.05) is 13.2 Å². The summed E-state index contributed by atoms with van der Waals surface area (Å²) in [5.41, 5.74) is 0. The number of aliphatic hydroxyl groups excluding tert-OH is 1. The molecule has 3 heteroatoms. The Bertz CT molecular complexity index is 213. The van der Waals surface area contributed by atoms with Crippen LogP contribution in [0.3, 0.4) is 0 Å². The first-order chi connectivity index (χ1) is 7.31. The molecule has 86 valence electrons. The Morgan fingerprint density at radius 1 is 1.20 bits per heavy atom. The summed E-state index contributed by atoms with van der Waals surface area (Å²) in [6.45, 7) is 2.32. The molecule has 0 aliphatic heterocycles. The summed E-state index contributed by atoms with van der Waals surface area (Å²) in [5, 5.41) is 8.33. The molecule has 0 aliphatic carbocycles. The third kappa shape index (κ3) is 10.9. The second kappa shape index (κ2) is 11.1. The fourth-order valence-corrected chi connectivity index (χ4v) is 1.20. The van der Waals surface area contributed by atoms with Gasteiger partial charge in [0.05, 0.1) is 6.61 Å². The van der Waals surface area contributed by atoms with Gasteiger partial charge in [0.1, 0.15) is 6.61 Å². The van der Waals surface area contributed by atoms with E-state index in [2.05, 4.69) is 18.8 Å². The normalized spacial score (nSPS) is 9.20. The van der Waals surface area contributed by atoms with Crippen LogP contribution in [0.2, 0.25) is 0 Å². The van der Waals surface area contributed by atoms with E-state index in [9.17, 15) is 4.79 Å². The van der Waals surface area contributed by atoms with Gasteiger partial charge in [-0.05, 0) is 6.42 Å². The Kier molecular flexibility index (Phi) is 10.3. The highest BCUT2D eigenvalue weighted by atomic mass is 16.5. The maximum Gasteiger partial charge on any atom is 0.384 e. The van der Waals surface area contributed by atoms with Crippen LogP contribution in [0.25, 0.3) is 0 Å². The van der Waals surface area contributed by atoms with Gasteiger partial charge in [-0.2, -0.15) is 0 Å². The van der Waals surface area contributed by atoms with Crippen molar-refractivity contribution in [3.8, 4) is 11.8 Å². The number of rotatable bonds is 7. The number of aliphatic hydroxyl groups is 1. The van der Waals surface area contributed by atoms with E-state index in [4.69, 9.17) is 9.84 Å². The molecule has 0 aromatic carbocycles. The van der Waals surface area contributed by atoms with Crippen molar-refractivity contribution in [3.05, 3.63) is 0 Å². The van der Waals surface area contributed by atoms with Crippen LogP contribution in [0.1, 0.15) is 45.4 Å². The Morgan fingerprint density at radius 2 is 1.87 bits per heavy atom. The lowest BCUT2D eigenvalue weighted by Crippen LogP contribution is -2.03. The van der Waals surface area contributed by atoms with Crippen molar-refractivity contribution >= 4 is 5.97 Å². The molecule has 0 aromatic heterocycles. The van der Waals surface area contributed by atoms with Gasteiger partial charge in [0.15, 0.2) is 0 Å². The van der Waals surface area contributed by atoms with Gasteiger partial charge in [0.25, 0.3) is 0 Å². The van der Waals surface area contributed by atoms with Gasteiger partial charge >= 0.3 is 5.97 Å². The first-order valence-electron chi connectivity index (χ1n) is 5.57. The number of carbonyl (C=O) groups excluding carboxylic acids is 1. The highest BCUT2D eigenvalue weighted by Gasteiger charge is 1.96. The van der Waals surface area contributed by atoms with Crippen molar-refractivity contribution in [3.63, 3.8) is 0 Å². The van der Waals surface area contributed by atoms with Crippen LogP contribution in [0.4, 0.5) is 0 Å². The lowest BCUT2D eigenvalue weighted by atomic mass is 10.1. The van der Waals surface area contributed by atoms with Gasteiger partial charge in [-0.15, -0.1) is 0 Å². The topological polar surface area (TPSA) is 46.5 Å². The minimum absolute atomic E-state index is 0.299. The standard InChI is InChI=1S/C12H20O3/c1-2-3-4-5-6-7-11-15-12(14)9-8-10-13/h13H,2-7,10-11H2,1H3. The smallest absolute Gasteiger partial charge is 0.384 e. The molecule has 0 radical (unpaired) electrons. The highest BCUT2D eigenvalue weighted by Crippen LogP contribution is 2.04. The maximum absolute atomic E-state index is 10.8. The molecule has 0 spiro atoms. The van der Waals surface area contributed by atoms with Crippen LogP contribution in [-0.4, -0.2) is 24.3 Å². The lowest BCUT2D eigenvalue weighted by molar-refractivity contribution is -0.136. The van der Waals surface area contributed by atoms with Crippen LogP contribution >= 0.6 is 0 Å². The van der Waals surface area contributed by atoms with Gasteiger partial charge in [-0.3, -0.25) is 0 Å². The van der Waals surface area contributed by atoms with Crippen LogP contribution in [0, 0.1) is 11.8 Å². The first-order valence-corrected chi connectivity index (χ1v) is 5.57. The van der Waals surface area contributed by atoms with E-state index in [0.717, 1.165) is 12.8 Å². The molecule has 0 saturated heterocycles. The highest BCUT2D eigenvalue weighted by molar-refractivity contribution is 5.88. The summed E-state index contributed by atoms with van der Waals surface area (Å²) in [4.78, 5) is 10.8. The molecule has 1 N–H and O–H groups in total. The minimum Gasteiger partial charge on any atom is -0.456 e. The molecular formula is C12H20O3. The Hall–Kier alpha value is -1.01. The summed E-state index contributed by atoms with van der Waals surface area (Å²) in [6, 6.07) is 0. The Labute approximate surface area is 91.8 Å². The SMILES string of the molecule is CCCCCCCCOC(=O)C#CCO. The number of ether oxygens (including phenoxy) is 1. The maximum atomic E-state index is 10.8. The fraction of sp³-hybridized carbons (Fsp3) is 0.750. The number of hydrogen-bond donors (Lipinski definition) is 1. The molecule has 0 rings (SSSR count). The zero-order chi connectivity index (χ0) is 11.4. The van der Waals surface area contributed by atoms with Crippen molar-refractivity contribution in [1.82, 2.24) is 0 Å². The number of unbranched alkanes of at least 4 members (excludes halogenated alkanes) is 5. The van der Waals surface area contributed by atoms with Crippen molar-refractivity contribution in [2.45, 2.75) is 45.4 Å². The molecular weight excluding hydrogens is 192 g/mol. The molecule has 0 amide bonds. The predicted molar refractivity (Wildman–Crippen MR) is 59.2 cm³/mol. The van der Waals surface area contributed by atoms with Crippen LogP contribution in [-0.2, 0) is 9.53 Å². The summed E-state index contributed by atoms with van der Waals surface area (Å²) in [6.07, 6.45) is 6.98. The van der Waals surface area contributed by atoms with Gasteiger partial charge < -0.3 is 9.84 Å². The Balaban J connectivity index is 3.20. The molecule has 0 bridgehead atoms. The van der Waals surface area contributed by atoms with Gasteiger partial charge in [-0.1, -0.05) is 44.9 Å². The summed E-state index contributed by atoms with van der Waals surface area (Å²) in [7, 11) is 0. The second-order valence-electron chi connectivity index (χ2n) is 3.36. The average Bonchev–Trinajstić information content (AvgIpc) is 2.25. The summed E-state index contributed by atoms with van der Waals surface area (Å²) < 4.78 is 4.83. The largest absolute Gasteiger partial charge is 0.456 e. The van der Waals surface area contributed by atoms with Crippen molar-refractivity contribution < 1.29 is 14.6 Å². The van der Waals surface area contributed by atoms with Gasteiger partial charge in [0.2, 0.25) is 0 Å². The van der Waals surface area contributed by atoms with Crippen LogP contribution < -0.4 is 0 Å². The predicted octanol–water partition coefficient (Wildman–Crippen LogP) is 1.89. The van der Waals surface area contributed by atoms with E-state index in [1.165, 1.54) is 25.7 Å². The number of hydrogen-bond acceptors (Lipinski definition) is 3. The lowest BCUT2D eigenvalue weighted by Gasteiger charge is -2.00. The first kappa shape index (κ1) is 14.0. The van der Waals surface area contributed by atoms with Gasteiger partial charge in [0, 0.05) is 5.92 Å². The monoisotopic (exact) mass is 212 g/mol. The van der Waals surface area contributed by atoms with Crippen molar-refractivity contribution in [2.24, 2.45) is 0 Å². The van der Waals surface area contributed by atoms with Crippen LogP contribution in [0.5, 0.6) is 0 Å². The Morgan fingerprint density at radius 3 is 2.53 bits per heavy atom. The van der Waals surface area contributed by atoms with E-state index in [0.29, 0.717) is 6.61 Å². The molecule has 0 fully saturated rings. The molecule has 15 heavy (non-hydrogen) atoms. The molecule has 0 aliphatic rings. The molecule has 0 saturated carbocycles. The van der Waals surface area contributed by atoms with E-state index in [-0.39, 0.29) is 6.61 Å². The zero-order valence-electron chi connectivity index (χ0n) is 9.42. The molecule has 3 nitrogen and oxygen atoms in total. The number of carbonyl (C=O) groups is 1. The summed E-state index contributed by atoms with van der Waals surface area (Å²) >= 11 is 0. The molecule has 0 aromatic rings. The average molecular weight is 212 g/mol. The molecule has 0 atom stereocenters. The quantitative estimate of drug-likeness (QED) is 0.303. The second-order valence-corrected chi connectivity index (χ2v) is 3.36. The fourth-order valence-electron chi connectivity index (χ4n) is 1.20.